The van der Waals surface area contributed by atoms with Crippen molar-refractivity contribution in [2.24, 2.45) is 0 Å². The van der Waals surface area contributed by atoms with Crippen LogP contribution in [0.5, 0.6) is 5.75 Å². The lowest BCUT2D eigenvalue weighted by molar-refractivity contribution is -0.121. The molecular weight excluding hydrogens is 324 g/mol. The summed E-state index contributed by atoms with van der Waals surface area (Å²) in [6, 6.07) is 9.68. The van der Waals surface area contributed by atoms with Crippen molar-refractivity contribution >= 4 is 17.2 Å². The molecule has 2 aromatic rings. The maximum atomic E-state index is 12.2. The van der Waals surface area contributed by atoms with E-state index < -0.39 is 12.7 Å². The molecule has 0 saturated carbocycles. The predicted molar refractivity (Wildman–Crippen MR) is 83.7 cm³/mol. The molecule has 1 aromatic carbocycles. The fourth-order valence-electron chi connectivity index (χ4n) is 2.01. The van der Waals surface area contributed by atoms with Gasteiger partial charge in [-0.15, -0.1) is 11.3 Å². The predicted octanol–water partition coefficient (Wildman–Crippen LogP) is 3.13. The number of amides is 1. The minimum absolute atomic E-state index is 0.0153. The first kappa shape index (κ1) is 17.4. The summed E-state index contributed by atoms with van der Waals surface area (Å²) in [5.41, 5.74) is 0.404. The van der Waals surface area contributed by atoms with E-state index in [1.807, 2.05) is 17.5 Å². The monoisotopic (exact) mass is 341 g/mol. The fraction of sp³-hybridized carbons (Fsp3) is 0.312. The van der Waals surface area contributed by atoms with E-state index in [1.165, 1.54) is 18.2 Å². The van der Waals surface area contributed by atoms with Crippen LogP contribution < -0.4 is 10.1 Å². The average Bonchev–Trinajstić information content (AvgIpc) is 3.03. The standard InChI is InChI=1S/C16H17F2NO3S/c17-16(18)22-12-4-1-3-11(9-12)14(20)10-19-15(21)7-6-13-5-2-8-23-13/h1-5,8-9,14,16,20H,6-7,10H2,(H,19,21). The zero-order valence-corrected chi connectivity index (χ0v) is 13.1. The minimum atomic E-state index is -2.92. The van der Waals surface area contributed by atoms with Gasteiger partial charge in [-0.25, -0.2) is 0 Å². The van der Waals surface area contributed by atoms with Crippen molar-refractivity contribution in [3.63, 3.8) is 0 Å². The molecule has 0 radical (unpaired) electrons. The van der Waals surface area contributed by atoms with E-state index >= 15 is 0 Å². The zero-order chi connectivity index (χ0) is 16.7. The van der Waals surface area contributed by atoms with Crippen molar-refractivity contribution in [3.8, 4) is 5.75 Å². The van der Waals surface area contributed by atoms with E-state index in [4.69, 9.17) is 0 Å². The third-order valence-electron chi connectivity index (χ3n) is 3.14. The summed E-state index contributed by atoms with van der Waals surface area (Å²) in [6.07, 6.45) is 0.000851. The van der Waals surface area contributed by atoms with Gasteiger partial charge in [-0.2, -0.15) is 8.78 Å². The number of aryl methyl sites for hydroxylation is 1. The quantitative estimate of drug-likeness (QED) is 0.775. The average molecular weight is 341 g/mol. The molecule has 0 saturated heterocycles. The zero-order valence-electron chi connectivity index (χ0n) is 12.2. The van der Waals surface area contributed by atoms with Gasteiger partial charge in [0.1, 0.15) is 5.75 Å². The normalized spacial score (nSPS) is 12.2. The second-order valence-corrected chi connectivity index (χ2v) is 5.88. The number of alkyl halides is 2. The van der Waals surface area contributed by atoms with Crippen molar-refractivity contribution < 1.29 is 23.4 Å². The summed E-state index contributed by atoms with van der Waals surface area (Å²) in [5, 5.41) is 14.6. The smallest absolute Gasteiger partial charge is 0.387 e. The highest BCUT2D eigenvalue weighted by Crippen LogP contribution is 2.20. The van der Waals surface area contributed by atoms with Gasteiger partial charge in [0.2, 0.25) is 5.91 Å². The molecule has 23 heavy (non-hydrogen) atoms. The van der Waals surface area contributed by atoms with Gasteiger partial charge in [-0.1, -0.05) is 18.2 Å². The van der Waals surface area contributed by atoms with E-state index in [2.05, 4.69) is 10.1 Å². The molecular formula is C16H17F2NO3S. The molecule has 1 unspecified atom stereocenters. The minimum Gasteiger partial charge on any atom is -0.435 e. The number of hydrogen-bond donors (Lipinski definition) is 2. The highest BCUT2D eigenvalue weighted by Gasteiger charge is 2.12. The third-order valence-corrected chi connectivity index (χ3v) is 4.08. The van der Waals surface area contributed by atoms with E-state index in [0.29, 0.717) is 18.4 Å². The first-order chi connectivity index (χ1) is 11.0. The Morgan fingerprint density at radius 1 is 1.30 bits per heavy atom. The number of thiophene rings is 1. The molecule has 1 aromatic heterocycles. The van der Waals surface area contributed by atoms with E-state index in [1.54, 1.807) is 17.4 Å². The molecule has 0 aliphatic rings. The Bertz CT molecular complexity index is 620. The van der Waals surface area contributed by atoms with Crippen LogP contribution in [0.15, 0.2) is 41.8 Å². The lowest BCUT2D eigenvalue weighted by Gasteiger charge is -2.13. The number of carbonyl (C=O) groups is 1. The van der Waals surface area contributed by atoms with E-state index in [-0.39, 0.29) is 18.2 Å². The maximum Gasteiger partial charge on any atom is 0.387 e. The van der Waals surface area contributed by atoms with Gasteiger partial charge in [0.15, 0.2) is 0 Å². The highest BCUT2D eigenvalue weighted by molar-refractivity contribution is 7.09. The molecule has 0 spiro atoms. The van der Waals surface area contributed by atoms with Crippen LogP contribution in [0.2, 0.25) is 0 Å². The van der Waals surface area contributed by atoms with Crippen molar-refractivity contribution in [2.45, 2.75) is 25.6 Å². The van der Waals surface area contributed by atoms with Gasteiger partial charge < -0.3 is 15.2 Å². The molecule has 1 amide bonds. The summed E-state index contributed by atoms with van der Waals surface area (Å²) < 4.78 is 28.6. The molecule has 0 fully saturated rings. The number of carbonyl (C=O) groups excluding carboxylic acids is 1. The number of benzene rings is 1. The second kappa shape index (κ2) is 8.59. The largest absolute Gasteiger partial charge is 0.435 e. The molecule has 1 atom stereocenters. The van der Waals surface area contributed by atoms with Crippen LogP contribution in [0.3, 0.4) is 0 Å². The second-order valence-electron chi connectivity index (χ2n) is 4.85. The Hall–Kier alpha value is -1.99. The van der Waals surface area contributed by atoms with Crippen LogP contribution in [-0.4, -0.2) is 24.2 Å². The van der Waals surface area contributed by atoms with Crippen LogP contribution >= 0.6 is 11.3 Å². The Morgan fingerprint density at radius 2 is 2.13 bits per heavy atom. The van der Waals surface area contributed by atoms with Gasteiger partial charge in [0, 0.05) is 17.8 Å². The van der Waals surface area contributed by atoms with E-state index in [9.17, 15) is 18.7 Å². The third kappa shape index (κ3) is 5.96. The number of aliphatic hydroxyl groups is 1. The number of nitrogens with one attached hydrogen (secondary N) is 1. The molecule has 2 N–H and O–H groups in total. The molecule has 0 bridgehead atoms. The van der Waals surface area contributed by atoms with Crippen molar-refractivity contribution in [1.82, 2.24) is 5.32 Å². The number of rotatable bonds is 8. The van der Waals surface area contributed by atoms with E-state index in [0.717, 1.165) is 4.88 Å². The van der Waals surface area contributed by atoms with Gasteiger partial charge in [-0.05, 0) is 35.6 Å². The summed E-state index contributed by atoms with van der Waals surface area (Å²) in [4.78, 5) is 12.9. The molecule has 4 nitrogen and oxygen atoms in total. The van der Waals surface area contributed by atoms with Crippen LogP contribution in [-0.2, 0) is 11.2 Å². The summed E-state index contributed by atoms with van der Waals surface area (Å²) >= 11 is 1.59. The maximum absolute atomic E-state index is 12.2. The van der Waals surface area contributed by atoms with Crippen molar-refractivity contribution in [2.75, 3.05) is 6.54 Å². The van der Waals surface area contributed by atoms with Crippen molar-refractivity contribution in [1.29, 1.82) is 0 Å². The number of halogens is 2. The van der Waals surface area contributed by atoms with Crippen LogP contribution in [0.25, 0.3) is 0 Å². The molecule has 7 heteroatoms. The molecule has 124 valence electrons. The molecule has 2 rings (SSSR count). The topological polar surface area (TPSA) is 58.6 Å². The molecule has 1 heterocycles. The fourth-order valence-corrected chi connectivity index (χ4v) is 2.72. The van der Waals surface area contributed by atoms with Gasteiger partial charge in [0.25, 0.3) is 0 Å². The van der Waals surface area contributed by atoms with Crippen molar-refractivity contribution in [3.05, 3.63) is 52.2 Å². The first-order valence-corrected chi connectivity index (χ1v) is 7.94. The summed E-state index contributed by atoms with van der Waals surface area (Å²) in [5.74, 6) is -0.196. The molecule has 0 aliphatic heterocycles. The SMILES string of the molecule is O=C(CCc1cccs1)NCC(O)c1cccc(OC(F)F)c1. The Kier molecular flexibility index (Phi) is 6.49. The number of hydrogen-bond acceptors (Lipinski definition) is 4. The van der Waals surface area contributed by atoms with Gasteiger partial charge >= 0.3 is 6.61 Å². The van der Waals surface area contributed by atoms with Crippen LogP contribution in [0.1, 0.15) is 23.0 Å². The summed E-state index contributed by atoms with van der Waals surface area (Å²) in [6.45, 7) is -2.90. The lowest BCUT2D eigenvalue weighted by atomic mass is 10.1. The Labute approximate surface area is 136 Å². The lowest BCUT2D eigenvalue weighted by Crippen LogP contribution is -2.28. The van der Waals surface area contributed by atoms with Gasteiger partial charge in [-0.3, -0.25) is 4.79 Å². The number of aliphatic hydroxyl groups excluding tert-OH is 1. The first-order valence-electron chi connectivity index (χ1n) is 7.06. The Morgan fingerprint density at radius 3 is 2.83 bits per heavy atom. The summed E-state index contributed by atoms with van der Waals surface area (Å²) in [7, 11) is 0. The highest BCUT2D eigenvalue weighted by atomic mass is 32.1. The Balaban J connectivity index is 1.79. The molecule has 0 aliphatic carbocycles. The van der Waals surface area contributed by atoms with Crippen LogP contribution in [0.4, 0.5) is 8.78 Å². The number of ether oxygens (including phenoxy) is 1. The van der Waals surface area contributed by atoms with Gasteiger partial charge in [0.05, 0.1) is 6.10 Å². The van der Waals surface area contributed by atoms with Crippen LogP contribution in [0, 0.1) is 0 Å².